The van der Waals surface area contributed by atoms with E-state index in [4.69, 9.17) is 14.9 Å². The van der Waals surface area contributed by atoms with Crippen LogP contribution < -0.4 is 15.0 Å². The van der Waals surface area contributed by atoms with E-state index in [-0.39, 0.29) is 13.1 Å². The molecular formula is C26H25N9O5. The van der Waals surface area contributed by atoms with Crippen LogP contribution in [0.25, 0.3) is 11.2 Å². The Morgan fingerprint density at radius 3 is 2.45 bits per heavy atom. The zero-order valence-electron chi connectivity index (χ0n) is 21.3. The van der Waals surface area contributed by atoms with Gasteiger partial charge in [0, 0.05) is 50.3 Å². The predicted octanol–water partition coefficient (Wildman–Crippen LogP) is 3.11. The Balaban J connectivity index is 1.20. The maximum Gasteiger partial charge on any atom is 0.324 e. The van der Waals surface area contributed by atoms with E-state index in [2.05, 4.69) is 30.4 Å². The molecule has 1 aliphatic rings. The largest absolute Gasteiger partial charge is 0.498 e. The molecule has 1 saturated heterocycles. The van der Waals surface area contributed by atoms with E-state index in [0.717, 1.165) is 22.5 Å². The van der Waals surface area contributed by atoms with E-state index in [9.17, 15) is 9.90 Å². The highest BCUT2D eigenvalue weighted by Gasteiger charge is 2.27. The number of rotatable bonds is 6. The van der Waals surface area contributed by atoms with Gasteiger partial charge in [0.1, 0.15) is 29.7 Å². The van der Waals surface area contributed by atoms with Gasteiger partial charge in [-0.05, 0) is 42.8 Å². The third-order valence-electron chi connectivity index (χ3n) is 6.67. The van der Waals surface area contributed by atoms with E-state index < -0.39 is 17.6 Å². The third kappa shape index (κ3) is 4.62. The molecule has 14 nitrogen and oxygen atoms in total. The summed E-state index contributed by atoms with van der Waals surface area (Å²) in [6.45, 7) is 3.46. The van der Waals surface area contributed by atoms with Gasteiger partial charge in [0.15, 0.2) is 11.5 Å². The van der Waals surface area contributed by atoms with E-state index in [0.29, 0.717) is 36.1 Å². The zero-order valence-corrected chi connectivity index (χ0v) is 21.3. The number of benzene rings is 1. The molecule has 1 amide bonds. The molecular weight excluding hydrogens is 518 g/mol. The molecule has 5 heterocycles. The van der Waals surface area contributed by atoms with Gasteiger partial charge in [-0.1, -0.05) is 0 Å². The molecule has 5 aromatic rings. The number of aryl methyl sites for hydroxylation is 1. The van der Waals surface area contributed by atoms with Crippen LogP contribution in [0.3, 0.4) is 0 Å². The molecule has 0 bridgehead atoms. The Labute approximate surface area is 227 Å². The molecule has 1 aromatic carbocycles. The molecule has 4 aromatic heterocycles. The Morgan fingerprint density at radius 1 is 0.925 bits per heavy atom. The normalized spacial score (nSPS) is 13.5. The molecule has 0 saturated carbocycles. The van der Waals surface area contributed by atoms with Crippen LogP contribution in [0.5, 0.6) is 11.5 Å². The van der Waals surface area contributed by atoms with Crippen LogP contribution in [0.2, 0.25) is 0 Å². The van der Waals surface area contributed by atoms with Crippen molar-refractivity contribution in [1.82, 2.24) is 34.1 Å². The van der Waals surface area contributed by atoms with Gasteiger partial charge in [0.2, 0.25) is 0 Å². The van der Waals surface area contributed by atoms with Crippen molar-refractivity contribution in [2.75, 3.05) is 36.4 Å². The lowest BCUT2D eigenvalue weighted by Crippen LogP contribution is -2.49. The molecule has 0 spiro atoms. The molecule has 204 valence electrons. The Morgan fingerprint density at radius 2 is 1.68 bits per heavy atom. The quantitative estimate of drug-likeness (QED) is 0.184. The fraction of sp³-hybridized carbons (Fsp3) is 0.192. The minimum absolute atomic E-state index is 0.286. The highest BCUT2D eigenvalue weighted by Crippen LogP contribution is 2.32. The van der Waals surface area contributed by atoms with Crippen LogP contribution in [-0.2, 0) is 4.79 Å². The van der Waals surface area contributed by atoms with Crippen molar-refractivity contribution >= 4 is 34.3 Å². The average Bonchev–Trinajstić information content (AvgIpc) is 3.61. The van der Waals surface area contributed by atoms with Crippen LogP contribution in [0.1, 0.15) is 5.56 Å². The van der Waals surface area contributed by atoms with Crippen LogP contribution in [-0.4, -0.2) is 81.5 Å². The maximum absolute atomic E-state index is 12.2. The van der Waals surface area contributed by atoms with Gasteiger partial charge in [-0.2, -0.15) is 10.2 Å². The summed E-state index contributed by atoms with van der Waals surface area (Å²) in [6, 6.07) is 11.3. The highest BCUT2D eigenvalue weighted by atomic mass is 16.5. The molecule has 0 atom stereocenters. The van der Waals surface area contributed by atoms with Crippen molar-refractivity contribution < 1.29 is 24.9 Å². The van der Waals surface area contributed by atoms with Crippen molar-refractivity contribution in [3.8, 4) is 11.5 Å². The van der Waals surface area contributed by atoms with Crippen LogP contribution in [0.15, 0.2) is 73.2 Å². The average molecular weight is 544 g/mol. The lowest BCUT2D eigenvalue weighted by atomic mass is 10.2. The lowest BCUT2D eigenvalue weighted by molar-refractivity contribution is -0.131. The first kappa shape index (κ1) is 24.8. The first-order valence-electron chi connectivity index (χ1n) is 12.4. The molecule has 6 rings (SSSR count). The standard InChI is InChI=1S/C26H25N9O5/c1-16-12-17(2-3-20(16)40-18-4-6-34-21(13-18)27-14-29-34)31-24-22-19(5-7-35(22)30-15-28-24)32-8-10-33(11-9-32)25(37)23(36)26(38)39/h2-7,12-15,36,38-39H,8-11H2,1H3,(H,28,30,31). The Kier molecular flexibility index (Phi) is 6.18. The Hall–Kier alpha value is -5.53. The fourth-order valence-electron chi connectivity index (χ4n) is 4.65. The van der Waals surface area contributed by atoms with Gasteiger partial charge in [-0.25, -0.2) is 19.0 Å². The lowest BCUT2D eigenvalue weighted by Gasteiger charge is -2.35. The van der Waals surface area contributed by atoms with E-state index in [1.165, 1.54) is 17.6 Å². The van der Waals surface area contributed by atoms with Crippen molar-refractivity contribution in [2.24, 2.45) is 0 Å². The van der Waals surface area contributed by atoms with Gasteiger partial charge in [0.05, 0.1) is 5.69 Å². The minimum Gasteiger partial charge on any atom is -0.498 e. The highest BCUT2D eigenvalue weighted by molar-refractivity contribution is 5.91. The van der Waals surface area contributed by atoms with Crippen molar-refractivity contribution in [3.05, 3.63) is 78.7 Å². The molecule has 14 heteroatoms. The van der Waals surface area contributed by atoms with Gasteiger partial charge >= 0.3 is 5.95 Å². The van der Waals surface area contributed by atoms with Crippen LogP contribution in [0.4, 0.5) is 17.2 Å². The SMILES string of the molecule is Cc1cc(Nc2ncnn3ccc(N4CCN(C(=O)C(O)=C(O)O)CC4)c23)ccc1Oc1ccn2ncnc2c1. The molecule has 0 unspecified atom stereocenters. The van der Waals surface area contributed by atoms with Gasteiger partial charge in [-0.3, -0.25) is 4.79 Å². The van der Waals surface area contributed by atoms with E-state index >= 15 is 0 Å². The zero-order chi connectivity index (χ0) is 27.8. The number of piperazine rings is 1. The molecule has 0 radical (unpaired) electrons. The first-order valence-corrected chi connectivity index (χ1v) is 12.4. The number of anilines is 3. The number of ether oxygens (including phenoxy) is 1. The van der Waals surface area contributed by atoms with E-state index in [1.807, 2.05) is 49.5 Å². The summed E-state index contributed by atoms with van der Waals surface area (Å²) in [7, 11) is 0. The summed E-state index contributed by atoms with van der Waals surface area (Å²) in [5.41, 5.74) is 4.06. The molecule has 1 fully saturated rings. The Bertz CT molecular complexity index is 1750. The summed E-state index contributed by atoms with van der Waals surface area (Å²) in [4.78, 5) is 24.3. The fourth-order valence-corrected chi connectivity index (χ4v) is 4.65. The number of aromatic nitrogens is 6. The van der Waals surface area contributed by atoms with Crippen LogP contribution in [0, 0.1) is 6.92 Å². The van der Waals surface area contributed by atoms with Gasteiger partial charge < -0.3 is 35.2 Å². The second kappa shape index (κ2) is 9.98. The van der Waals surface area contributed by atoms with Crippen LogP contribution >= 0.6 is 0 Å². The number of carbonyl (C=O) groups is 1. The number of nitrogens with zero attached hydrogens (tertiary/aromatic N) is 8. The molecule has 40 heavy (non-hydrogen) atoms. The summed E-state index contributed by atoms with van der Waals surface area (Å²) in [6.07, 6.45) is 6.58. The topological polar surface area (TPSA) is 166 Å². The third-order valence-corrected chi connectivity index (χ3v) is 6.67. The molecule has 4 N–H and O–H groups in total. The smallest absolute Gasteiger partial charge is 0.324 e. The number of fused-ring (bicyclic) bond motifs is 2. The van der Waals surface area contributed by atoms with Gasteiger partial charge in [0.25, 0.3) is 11.7 Å². The number of nitrogens with one attached hydrogen (secondary N) is 1. The monoisotopic (exact) mass is 543 g/mol. The minimum atomic E-state index is -1.39. The summed E-state index contributed by atoms with van der Waals surface area (Å²) < 4.78 is 9.47. The summed E-state index contributed by atoms with van der Waals surface area (Å²) in [5, 5.41) is 39.4. The number of pyridine rings is 1. The molecule has 0 aliphatic carbocycles. The second-order valence-electron chi connectivity index (χ2n) is 9.19. The molecule has 1 aliphatic heterocycles. The number of amides is 1. The first-order chi connectivity index (χ1) is 19.4. The number of carbonyl (C=O) groups excluding carboxylic acids is 1. The van der Waals surface area contributed by atoms with Crippen molar-refractivity contribution in [1.29, 1.82) is 0 Å². The summed E-state index contributed by atoms with van der Waals surface area (Å²) >= 11 is 0. The van der Waals surface area contributed by atoms with E-state index in [1.54, 1.807) is 15.2 Å². The predicted molar refractivity (Wildman–Crippen MR) is 144 cm³/mol. The maximum atomic E-state index is 12.2. The number of aliphatic hydroxyl groups excluding tert-OH is 2. The number of aliphatic hydroxyl groups is 3. The number of hydrogen-bond donors (Lipinski definition) is 4. The summed E-state index contributed by atoms with van der Waals surface area (Å²) in [5.74, 6) is -1.32. The van der Waals surface area contributed by atoms with Crippen molar-refractivity contribution in [2.45, 2.75) is 6.92 Å². The van der Waals surface area contributed by atoms with Crippen molar-refractivity contribution in [3.63, 3.8) is 0 Å². The van der Waals surface area contributed by atoms with Gasteiger partial charge in [-0.15, -0.1) is 0 Å². The number of hydrogen-bond acceptors (Lipinski definition) is 11. The second-order valence-corrected chi connectivity index (χ2v) is 9.19.